The molecule has 0 aromatic carbocycles. The lowest BCUT2D eigenvalue weighted by molar-refractivity contribution is -0.0549. The van der Waals surface area contributed by atoms with E-state index in [0.29, 0.717) is 18.4 Å². The summed E-state index contributed by atoms with van der Waals surface area (Å²) in [5.41, 5.74) is 6.32. The van der Waals surface area contributed by atoms with Gasteiger partial charge in [0.2, 0.25) is 0 Å². The number of nitrogens with two attached hydrogens (primary N) is 1. The number of hydrogen-bond acceptors (Lipinski definition) is 8. The van der Waals surface area contributed by atoms with E-state index >= 15 is 0 Å². The molecule has 0 unspecified atom stereocenters. The highest BCUT2D eigenvalue weighted by molar-refractivity contribution is 5.61. The number of aliphatic hydroxyl groups is 3. The van der Waals surface area contributed by atoms with Gasteiger partial charge in [-0.05, 0) is 13.3 Å². The van der Waals surface area contributed by atoms with Crippen molar-refractivity contribution >= 4 is 11.9 Å². The first kappa shape index (κ1) is 18.1. The molecule has 24 heavy (non-hydrogen) atoms. The molecule has 1 aromatic heterocycles. The van der Waals surface area contributed by atoms with Gasteiger partial charge < -0.3 is 25.8 Å². The van der Waals surface area contributed by atoms with Crippen LogP contribution in [0.2, 0.25) is 0 Å². The number of aliphatic hydroxyl groups excluding tert-OH is 3. The van der Waals surface area contributed by atoms with Crippen molar-refractivity contribution in [1.82, 2.24) is 9.55 Å². The SMILES string of the molecule is CC(=Cc1cn([C@@H]2O[C@H](CO)[C@@H](O)[C@H]2O)c(=O)nc1N)CCC#N. The number of nitriles is 1. The van der Waals surface area contributed by atoms with Gasteiger partial charge in [-0.3, -0.25) is 4.57 Å². The predicted octanol–water partition coefficient (Wildman–Crippen LogP) is -0.856. The lowest BCUT2D eigenvalue weighted by Crippen LogP contribution is -2.36. The summed E-state index contributed by atoms with van der Waals surface area (Å²) in [5.74, 6) is 0.0132. The summed E-state index contributed by atoms with van der Waals surface area (Å²) in [4.78, 5) is 15.8. The molecular weight excluding hydrogens is 316 g/mol. The third-order valence-electron chi connectivity index (χ3n) is 3.84. The van der Waals surface area contributed by atoms with Gasteiger partial charge >= 0.3 is 5.69 Å². The van der Waals surface area contributed by atoms with E-state index in [4.69, 9.17) is 20.8 Å². The standard InChI is InChI=1S/C15H20N4O5/c1-8(3-2-4-16)5-9-6-19(15(23)18-13(9)17)14-12(22)11(21)10(7-20)24-14/h5-6,10-12,14,20-22H,2-3,7H2,1H3,(H2,17,18,23)/t10-,11-,12-,14-/m1/s1. The quantitative estimate of drug-likeness (QED) is 0.541. The Labute approximate surface area is 138 Å². The summed E-state index contributed by atoms with van der Waals surface area (Å²) in [6.45, 7) is 1.32. The Hall–Kier alpha value is -2.25. The third-order valence-corrected chi connectivity index (χ3v) is 3.84. The fourth-order valence-corrected chi connectivity index (χ4v) is 2.49. The molecule has 9 heteroatoms. The van der Waals surface area contributed by atoms with Gasteiger partial charge in [0.15, 0.2) is 6.23 Å². The second-order valence-corrected chi connectivity index (χ2v) is 5.65. The van der Waals surface area contributed by atoms with Gasteiger partial charge in [0.25, 0.3) is 0 Å². The van der Waals surface area contributed by atoms with Crippen molar-refractivity contribution < 1.29 is 20.1 Å². The van der Waals surface area contributed by atoms with Crippen LogP contribution >= 0.6 is 0 Å². The number of anilines is 1. The molecule has 130 valence electrons. The predicted molar refractivity (Wildman–Crippen MR) is 84.4 cm³/mol. The second kappa shape index (κ2) is 7.55. The minimum Gasteiger partial charge on any atom is -0.394 e. The maximum atomic E-state index is 12.1. The van der Waals surface area contributed by atoms with Crippen LogP contribution in [0.25, 0.3) is 6.08 Å². The molecule has 5 N–H and O–H groups in total. The Kier molecular flexibility index (Phi) is 5.69. The van der Waals surface area contributed by atoms with Crippen LogP contribution in [0.1, 0.15) is 31.6 Å². The smallest absolute Gasteiger partial charge is 0.351 e. The summed E-state index contributed by atoms with van der Waals surface area (Å²) in [7, 11) is 0. The zero-order valence-corrected chi connectivity index (χ0v) is 13.2. The second-order valence-electron chi connectivity index (χ2n) is 5.65. The van der Waals surface area contributed by atoms with E-state index in [1.54, 1.807) is 6.08 Å². The molecule has 1 aromatic rings. The molecule has 1 aliphatic heterocycles. The van der Waals surface area contributed by atoms with Gasteiger partial charge in [-0.25, -0.2) is 4.79 Å². The van der Waals surface area contributed by atoms with Crippen LogP contribution in [-0.2, 0) is 4.74 Å². The molecule has 4 atom stereocenters. The van der Waals surface area contributed by atoms with E-state index in [0.717, 1.165) is 10.1 Å². The normalized spacial score (nSPS) is 27.2. The van der Waals surface area contributed by atoms with E-state index < -0.39 is 36.8 Å². The van der Waals surface area contributed by atoms with Gasteiger partial charge in [0, 0.05) is 18.2 Å². The molecule has 1 saturated heterocycles. The van der Waals surface area contributed by atoms with E-state index in [1.165, 1.54) is 6.20 Å². The highest BCUT2D eigenvalue weighted by Gasteiger charge is 2.43. The minimum absolute atomic E-state index is 0.0132. The number of ether oxygens (including phenoxy) is 1. The molecule has 0 bridgehead atoms. The fourth-order valence-electron chi connectivity index (χ4n) is 2.49. The fraction of sp³-hybridized carbons (Fsp3) is 0.533. The highest BCUT2D eigenvalue weighted by Crippen LogP contribution is 2.28. The molecule has 9 nitrogen and oxygen atoms in total. The molecular formula is C15H20N4O5. The maximum Gasteiger partial charge on any atom is 0.351 e. The van der Waals surface area contributed by atoms with Crippen LogP contribution in [-0.4, -0.2) is 49.8 Å². The summed E-state index contributed by atoms with van der Waals surface area (Å²) in [6.07, 6.45) is -0.914. The molecule has 0 spiro atoms. The monoisotopic (exact) mass is 336 g/mol. The number of aromatic nitrogens is 2. The van der Waals surface area contributed by atoms with Crippen molar-refractivity contribution in [2.75, 3.05) is 12.3 Å². The average Bonchev–Trinajstić information content (AvgIpc) is 2.83. The zero-order valence-electron chi connectivity index (χ0n) is 13.2. The lowest BCUT2D eigenvalue weighted by atomic mass is 10.1. The van der Waals surface area contributed by atoms with Crippen molar-refractivity contribution in [1.29, 1.82) is 5.26 Å². The minimum atomic E-state index is -1.39. The number of allylic oxidation sites excluding steroid dienone is 1. The number of rotatable bonds is 5. The molecule has 1 aliphatic rings. The van der Waals surface area contributed by atoms with Crippen LogP contribution < -0.4 is 11.4 Å². The van der Waals surface area contributed by atoms with Crippen LogP contribution in [0.4, 0.5) is 5.82 Å². The van der Waals surface area contributed by atoms with Gasteiger partial charge in [-0.1, -0.05) is 11.6 Å². The van der Waals surface area contributed by atoms with Gasteiger partial charge in [0.1, 0.15) is 24.1 Å². The number of nitrogens with zero attached hydrogens (tertiary/aromatic N) is 3. The Morgan fingerprint density at radius 2 is 2.25 bits per heavy atom. The van der Waals surface area contributed by atoms with Crippen molar-refractivity contribution in [2.24, 2.45) is 0 Å². The first-order valence-corrected chi connectivity index (χ1v) is 7.44. The number of nitrogen functional groups attached to an aromatic ring is 1. The van der Waals surface area contributed by atoms with E-state index in [-0.39, 0.29) is 5.82 Å². The van der Waals surface area contributed by atoms with Crippen molar-refractivity contribution in [3.05, 3.63) is 27.8 Å². The van der Waals surface area contributed by atoms with Crippen LogP contribution in [0, 0.1) is 11.3 Å². The Bertz CT molecular complexity index is 724. The van der Waals surface area contributed by atoms with E-state index in [1.807, 2.05) is 13.0 Å². The maximum absolute atomic E-state index is 12.1. The summed E-state index contributed by atoms with van der Waals surface area (Å²) >= 11 is 0. The Balaban J connectivity index is 2.37. The summed E-state index contributed by atoms with van der Waals surface area (Å²) in [6, 6.07) is 2.04. The largest absolute Gasteiger partial charge is 0.394 e. The van der Waals surface area contributed by atoms with Crippen molar-refractivity contribution in [2.45, 2.75) is 44.3 Å². The van der Waals surface area contributed by atoms with Crippen LogP contribution in [0.3, 0.4) is 0 Å². The average molecular weight is 336 g/mol. The van der Waals surface area contributed by atoms with Gasteiger partial charge in [-0.15, -0.1) is 0 Å². The molecule has 0 aliphatic carbocycles. The first-order chi connectivity index (χ1) is 11.4. The number of hydrogen-bond donors (Lipinski definition) is 4. The Morgan fingerprint density at radius 1 is 1.54 bits per heavy atom. The molecule has 0 radical (unpaired) electrons. The van der Waals surface area contributed by atoms with Gasteiger partial charge in [-0.2, -0.15) is 10.2 Å². The lowest BCUT2D eigenvalue weighted by Gasteiger charge is -2.18. The summed E-state index contributed by atoms with van der Waals surface area (Å²) < 4.78 is 6.37. The van der Waals surface area contributed by atoms with Crippen LogP contribution in [0.15, 0.2) is 16.6 Å². The van der Waals surface area contributed by atoms with Crippen molar-refractivity contribution in [3.8, 4) is 6.07 Å². The molecule has 2 rings (SSSR count). The molecule has 0 amide bonds. The summed E-state index contributed by atoms with van der Waals surface area (Å²) in [5, 5.41) is 37.6. The van der Waals surface area contributed by atoms with Crippen molar-refractivity contribution in [3.63, 3.8) is 0 Å². The van der Waals surface area contributed by atoms with Crippen LogP contribution in [0.5, 0.6) is 0 Å². The molecule has 2 heterocycles. The first-order valence-electron chi connectivity index (χ1n) is 7.44. The topological polar surface area (TPSA) is 155 Å². The van der Waals surface area contributed by atoms with E-state index in [9.17, 15) is 15.0 Å². The third kappa shape index (κ3) is 3.63. The zero-order chi connectivity index (χ0) is 17.9. The van der Waals surface area contributed by atoms with Gasteiger partial charge in [0.05, 0.1) is 12.7 Å². The Morgan fingerprint density at radius 3 is 2.83 bits per heavy atom. The highest BCUT2D eigenvalue weighted by atomic mass is 16.6. The molecule has 1 fully saturated rings. The van der Waals surface area contributed by atoms with E-state index in [2.05, 4.69) is 4.98 Å². The molecule has 0 saturated carbocycles.